The highest BCUT2D eigenvalue weighted by Gasteiger charge is 2.01. The maximum atomic E-state index is 5.59. The molecule has 0 unspecified atom stereocenters. The summed E-state index contributed by atoms with van der Waals surface area (Å²) in [5, 5.41) is 1.32. The topological polar surface area (TPSA) is 30.9 Å². The number of nitrogens with two attached hydrogens (primary N) is 1. The van der Waals surface area contributed by atoms with Gasteiger partial charge in [0.15, 0.2) is 0 Å². The summed E-state index contributed by atoms with van der Waals surface area (Å²) < 4.78 is 2.33. The normalized spacial score (nSPS) is 11.1. The molecule has 0 amide bonds. The molecule has 0 atom stereocenters. The number of benzene rings is 1. The molecule has 0 spiro atoms. The van der Waals surface area contributed by atoms with Crippen molar-refractivity contribution in [1.29, 1.82) is 0 Å². The molecule has 0 saturated heterocycles. The van der Waals surface area contributed by atoms with Crippen molar-refractivity contribution in [3.63, 3.8) is 0 Å². The molecule has 0 aliphatic heterocycles. The van der Waals surface area contributed by atoms with Gasteiger partial charge in [0, 0.05) is 24.0 Å². The van der Waals surface area contributed by atoms with Crippen LogP contribution >= 0.6 is 11.8 Å². The third kappa shape index (κ3) is 2.42. The monoisotopic (exact) mass is 234 g/mol. The molecule has 1 aromatic carbocycles. The van der Waals surface area contributed by atoms with E-state index in [1.54, 1.807) is 0 Å². The molecule has 2 nitrogen and oxygen atoms in total. The van der Waals surface area contributed by atoms with Crippen LogP contribution in [-0.4, -0.2) is 23.1 Å². The van der Waals surface area contributed by atoms with Crippen LogP contribution in [0.1, 0.15) is 5.56 Å². The zero-order chi connectivity index (χ0) is 11.4. The van der Waals surface area contributed by atoms with Crippen LogP contribution < -0.4 is 5.73 Å². The third-order valence-corrected chi connectivity index (χ3v) is 3.40. The number of aryl methyl sites for hydroxylation is 1. The van der Waals surface area contributed by atoms with Gasteiger partial charge in [-0.15, -0.1) is 0 Å². The molecular formula is C13H18N2S. The van der Waals surface area contributed by atoms with Gasteiger partial charge in [-0.1, -0.05) is 12.1 Å². The third-order valence-electron chi connectivity index (χ3n) is 2.81. The molecule has 0 fully saturated rings. The lowest BCUT2D eigenvalue weighted by atomic mass is 10.1. The minimum atomic E-state index is 0.719. The summed E-state index contributed by atoms with van der Waals surface area (Å²) in [7, 11) is 0. The Balaban J connectivity index is 2.31. The predicted octanol–water partition coefficient (Wildman–Crippen LogP) is 2.51. The molecular weight excluding hydrogens is 216 g/mol. The van der Waals surface area contributed by atoms with Gasteiger partial charge in [-0.2, -0.15) is 11.8 Å². The molecule has 0 aliphatic carbocycles. The number of rotatable bonds is 5. The van der Waals surface area contributed by atoms with E-state index in [0.717, 1.165) is 25.3 Å². The van der Waals surface area contributed by atoms with Gasteiger partial charge in [-0.25, -0.2) is 0 Å². The fraction of sp³-hybridized carbons (Fsp3) is 0.385. The molecule has 16 heavy (non-hydrogen) atoms. The largest absolute Gasteiger partial charge is 0.347 e. The van der Waals surface area contributed by atoms with E-state index in [2.05, 4.69) is 41.3 Å². The van der Waals surface area contributed by atoms with Gasteiger partial charge in [0.1, 0.15) is 0 Å². The molecule has 1 heterocycles. The van der Waals surface area contributed by atoms with Crippen molar-refractivity contribution in [2.45, 2.75) is 13.0 Å². The van der Waals surface area contributed by atoms with Gasteiger partial charge in [-0.3, -0.25) is 0 Å². The highest BCUT2D eigenvalue weighted by molar-refractivity contribution is 7.98. The summed E-state index contributed by atoms with van der Waals surface area (Å²) in [6.07, 6.45) is 5.28. The molecule has 3 heteroatoms. The minimum Gasteiger partial charge on any atom is -0.347 e. The molecule has 0 bridgehead atoms. The number of hydrogen-bond acceptors (Lipinski definition) is 2. The Hall–Kier alpha value is -0.930. The summed E-state index contributed by atoms with van der Waals surface area (Å²) in [6.45, 7) is 1.80. The Morgan fingerprint density at radius 3 is 2.94 bits per heavy atom. The van der Waals surface area contributed by atoms with Crippen molar-refractivity contribution in [3.8, 4) is 0 Å². The van der Waals surface area contributed by atoms with Crippen molar-refractivity contribution in [2.75, 3.05) is 18.6 Å². The molecule has 2 N–H and O–H groups in total. The Kier molecular flexibility index (Phi) is 3.91. The quantitative estimate of drug-likeness (QED) is 0.861. The van der Waals surface area contributed by atoms with E-state index in [4.69, 9.17) is 5.73 Å². The molecule has 1 aromatic heterocycles. The SMILES string of the molecule is CSCCn1ccc2ccc(CCN)cc21. The van der Waals surface area contributed by atoms with Crippen molar-refractivity contribution < 1.29 is 0 Å². The number of hydrogen-bond donors (Lipinski definition) is 1. The second-order valence-electron chi connectivity index (χ2n) is 3.93. The molecule has 2 rings (SSSR count). The number of fused-ring (bicyclic) bond motifs is 1. The van der Waals surface area contributed by atoms with E-state index in [0.29, 0.717) is 0 Å². The van der Waals surface area contributed by atoms with Gasteiger partial charge in [0.2, 0.25) is 0 Å². The Morgan fingerprint density at radius 1 is 1.31 bits per heavy atom. The van der Waals surface area contributed by atoms with Crippen molar-refractivity contribution >= 4 is 22.7 Å². The van der Waals surface area contributed by atoms with E-state index in [9.17, 15) is 0 Å². The highest BCUT2D eigenvalue weighted by atomic mass is 32.2. The van der Waals surface area contributed by atoms with Crippen LogP contribution in [0.3, 0.4) is 0 Å². The van der Waals surface area contributed by atoms with E-state index >= 15 is 0 Å². The van der Waals surface area contributed by atoms with Crippen LogP contribution in [0.4, 0.5) is 0 Å². The predicted molar refractivity (Wildman–Crippen MR) is 73.1 cm³/mol. The maximum absolute atomic E-state index is 5.59. The summed E-state index contributed by atoms with van der Waals surface area (Å²) in [4.78, 5) is 0. The zero-order valence-electron chi connectivity index (χ0n) is 9.65. The van der Waals surface area contributed by atoms with Gasteiger partial charge in [0.25, 0.3) is 0 Å². The molecule has 2 aromatic rings. The lowest BCUT2D eigenvalue weighted by Gasteiger charge is -2.05. The van der Waals surface area contributed by atoms with E-state index in [-0.39, 0.29) is 0 Å². The first-order valence-corrected chi connectivity index (χ1v) is 7.01. The van der Waals surface area contributed by atoms with Gasteiger partial charge in [0.05, 0.1) is 0 Å². The summed E-state index contributed by atoms with van der Waals surface area (Å²) in [5.74, 6) is 1.16. The van der Waals surface area contributed by atoms with Crippen LogP contribution in [0.5, 0.6) is 0 Å². The number of thioether (sulfide) groups is 1. The van der Waals surface area contributed by atoms with E-state index in [1.807, 2.05) is 11.8 Å². The van der Waals surface area contributed by atoms with E-state index in [1.165, 1.54) is 16.5 Å². The highest BCUT2D eigenvalue weighted by Crippen LogP contribution is 2.18. The van der Waals surface area contributed by atoms with Crippen molar-refractivity contribution in [2.24, 2.45) is 5.73 Å². The lowest BCUT2D eigenvalue weighted by Crippen LogP contribution is -2.03. The average Bonchev–Trinajstić information content (AvgIpc) is 2.69. The Labute approximate surface area is 101 Å². The van der Waals surface area contributed by atoms with Crippen LogP contribution in [0.2, 0.25) is 0 Å². The fourth-order valence-corrected chi connectivity index (χ4v) is 2.32. The standard InChI is InChI=1S/C13H18N2S/c1-16-9-8-15-7-5-12-3-2-11(4-6-14)10-13(12)15/h2-3,5,7,10H,4,6,8-9,14H2,1H3. The second-order valence-corrected chi connectivity index (χ2v) is 4.92. The molecule has 86 valence electrons. The van der Waals surface area contributed by atoms with Crippen LogP contribution in [0, 0.1) is 0 Å². The van der Waals surface area contributed by atoms with Crippen molar-refractivity contribution in [3.05, 3.63) is 36.0 Å². The molecule has 0 aliphatic rings. The van der Waals surface area contributed by atoms with Crippen LogP contribution in [-0.2, 0) is 13.0 Å². The zero-order valence-corrected chi connectivity index (χ0v) is 10.5. The van der Waals surface area contributed by atoms with Gasteiger partial charge < -0.3 is 10.3 Å². The Morgan fingerprint density at radius 2 is 2.19 bits per heavy atom. The first-order valence-electron chi connectivity index (χ1n) is 5.62. The van der Waals surface area contributed by atoms with Crippen molar-refractivity contribution in [1.82, 2.24) is 4.57 Å². The fourth-order valence-electron chi connectivity index (χ4n) is 1.94. The summed E-state index contributed by atoms with van der Waals surface area (Å²) in [6, 6.07) is 8.81. The smallest absolute Gasteiger partial charge is 0.0483 e. The maximum Gasteiger partial charge on any atom is 0.0483 e. The summed E-state index contributed by atoms with van der Waals surface area (Å²) in [5.41, 5.74) is 8.25. The Bertz CT molecular complexity index is 462. The van der Waals surface area contributed by atoms with Gasteiger partial charge >= 0.3 is 0 Å². The number of nitrogens with zero attached hydrogens (tertiary/aromatic N) is 1. The summed E-state index contributed by atoms with van der Waals surface area (Å²) >= 11 is 1.88. The minimum absolute atomic E-state index is 0.719. The first kappa shape index (κ1) is 11.6. The lowest BCUT2D eigenvalue weighted by molar-refractivity contribution is 0.807. The molecule has 0 radical (unpaired) electrons. The van der Waals surface area contributed by atoms with Crippen LogP contribution in [0.15, 0.2) is 30.5 Å². The van der Waals surface area contributed by atoms with Gasteiger partial charge in [-0.05, 0) is 42.3 Å². The van der Waals surface area contributed by atoms with Crippen LogP contribution in [0.25, 0.3) is 10.9 Å². The molecule has 0 saturated carbocycles. The van der Waals surface area contributed by atoms with E-state index < -0.39 is 0 Å². The first-order chi connectivity index (χ1) is 7.85. The number of aromatic nitrogens is 1. The second kappa shape index (κ2) is 5.41. The average molecular weight is 234 g/mol.